The van der Waals surface area contributed by atoms with Gasteiger partial charge in [-0.05, 0) is 41.1 Å². The zero-order valence-electron chi connectivity index (χ0n) is 14.9. The summed E-state index contributed by atoms with van der Waals surface area (Å²) >= 11 is 9.26. The molecule has 3 N–H and O–H groups in total. The number of aromatic nitrogens is 4. The minimum Gasteiger partial charge on any atom is -0.388 e. The van der Waals surface area contributed by atoms with Crippen molar-refractivity contribution < 1.29 is 14.3 Å². The van der Waals surface area contributed by atoms with Crippen molar-refractivity contribution >= 4 is 45.3 Å². The van der Waals surface area contributed by atoms with Gasteiger partial charge in [0.2, 0.25) is 0 Å². The first-order valence-electron chi connectivity index (χ1n) is 8.10. The fourth-order valence-corrected chi connectivity index (χ4v) is 2.88. The number of hydrogen-bond donors (Lipinski definition) is 3. The van der Waals surface area contributed by atoms with Crippen LogP contribution in [0.25, 0.3) is 0 Å². The van der Waals surface area contributed by atoms with Crippen LogP contribution in [-0.2, 0) is 13.6 Å². The normalized spacial score (nSPS) is 10.6. The Morgan fingerprint density at radius 1 is 1.36 bits per heavy atom. The summed E-state index contributed by atoms with van der Waals surface area (Å²) in [5.41, 5.74) is 1.97. The number of H-pyrrole nitrogens is 1. The summed E-state index contributed by atoms with van der Waals surface area (Å²) in [7, 11) is 1.82. The highest BCUT2D eigenvalue weighted by molar-refractivity contribution is 9.10. The number of nitrogens with zero attached hydrogens (tertiary/aromatic N) is 3. The smallest absolute Gasteiger partial charge is 0.388 e. The van der Waals surface area contributed by atoms with E-state index in [0.29, 0.717) is 16.3 Å². The fourth-order valence-electron chi connectivity index (χ4n) is 2.30. The lowest BCUT2D eigenvalue weighted by atomic mass is 10.2. The van der Waals surface area contributed by atoms with E-state index in [1.165, 1.54) is 0 Å². The third-order valence-corrected chi connectivity index (χ3v) is 4.87. The summed E-state index contributed by atoms with van der Waals surface area (Å²) in [6.45, 7) is 2.12. The molecule has 0 unspecified atom stereocenters. The van der Waals surface area contributed by atoms with E-state index in [0.717, 1.165) is 5.69 Å². The maximum absolute atomic E-state index is 12.3. The van der Waals surface area contributed by atoms with E-state index in [9.17, 15) is 9.59 Å². The van der Waals surface area contributed by atoms with Gasteiger partial charge in [0.15, 0.2) is 0 Å². The third kappa shape index (κ3) is 4.52. The molecule has 2 heterocycles. The molecule has 0 fully saturated rings. The summed E-state index contributed by atoms with van der Waals surface area (Å²) in [5.74, 6) is -0.228. The quantitative estimate of drug-likeness (QED) is 0.532. The van der Waals surface area contributed by atoms with Crippen LogP contribution in [0, 0.1) is 6.92 Å². The number of halogens is 2. The molecule has 0 aliphatic rings. The van der Waals surface area contributed by atoms with Gasteiger partial charge in [-0.3, -0.25) is 14.6 Å². The largest absolute Gasteiger partial charge is 0.414 e. The summed E-state index contributed by atoms with van der Waals surface area (Å²) in [6.07, 6.45) is -0.709. The molecule has 0 aliphatic carbocycles. The molecule has 0 radical (unpaired) electrons. The van der Waals surface area contributed by atoms with Crippen LogP contribution in [-0.4, -0.2) is 32.0 Å². The van der Waals surface area contributed by atoms with E-state index in [1.807, 2.05) is 20.0 Å². The van der Waals surface area contributed by atoms with Crippen LogP contribution in [0.1, 0.15) is 21.7 Å². The second-order valence-corrected chi connectivity index (χ2v) is 7.00. The first-order chi connectivity index (χ1) is 13.3. The molecule has 3 aromatic rings. The highest BCUT2D eigenvalue weighted by Crippen LogP contribution is 2.30. The summed E-state index contributed by atoms with van der Waals surface area (Å²) in [6, 6.07) is 8.48. The maximum Gasteiger partial charge on any atom is 0.414 e. The molecule has 28 heavy (non-hydrogen) atoms. The topological polar surface area (TPSA) is 114 Å². The van der Waals surface area contributed by atoms with Gasteiger partial charge in [0.05, 0.1) is 22.8 Å². The summed E-state index contributed by atoms with van der Waals surface area (Å²) in [5, 5.41) is 16.2. The highest BCUT2D eigenvalue weighted by Gasteiger charge is 2.19. The predicted octanol–water partition coefficient (Wildman–Crippen LogP) is 3.41. The molecule has 0 aliphatic heterocycles. The molecule has 1 aromatic carbocycles. The van der Waals surface area contributed by atoms with E-state index in [2.05, 4.69) is 41.9 Å². The van der Waals surface area contributed by atoms with Crippen molar-refractivity contribution in [1.29, 1.82) is 0 Å². The number of benzene rings is 1. The van der Waals surface area contributed by atoms with Crippen LogP contribution in [0.15, 0.2) is 34.8 Å². The monoisotopic (exact) mass is 466 g/mol. The number of amides is 2. The van der Waals surface area contributed by atoms with Crippen molar-refractivity contribution in [3.05, 3.63) is 56.8 Å². The number of aryl methyl sites for hydroxylation is 2. The lowest BCUT2D eigenvalue weighted by molar-refractivity contribution is 0.102. The first-order valence-corrected chi connectivity index (χ1v) is 9.27. The molecule has 0 atom stereocenters. The van der Waals surface area contributed by atoms with Crippen LogP contribution in [0.2, 0.25) is 5.02 Å². The van der Waals surface area contributed by atoms with E-state index in [4.69, 9.17) is 16.3 Å². The molecule has 0 spiro atoms. The Morgan fingerprint density at radius 2 is 2.11 bits per heavy atom. The van der Waals surface area contributed by atoms with Gasteiger partial charge in [0.25, 0.3) is 11.8 Å². The standard InChI is InChI=1S/C17H16BrClN6O3/c1-9-7-10(24-25(9)2)8-20-17(27)28-16-13(18)14(22-23-16)21-15(26)11-5-3-4-6-12(11)19/h3-7H,8H2,1-2H3,(H,20,27)(H2,21,22,23,26). The summed E-state index contributed by atoms with van der Waals surface area (Å²) in [4.78, 5) is 24.3. The fraction of sp³-hybridized carbons (Fsp3) is 0.176. The van der Waals surface area contributed by atoms with E-state index < -0.39 is 12.0 Å². The van der Waals surface area contributed by atoms with Crippen molar-refractivity contribution in [2.75, 3.05) is 5.32 Å². The second kappa shape index (κ2) is 8.44. The van der Waals surface area contributed by atoms with Crippen LogP contribution in [0.4, 0.5) is 10.6 Å². The maximum atomic E-state index is 12.3. The number of carbonyl (C=O) groups excluding carboxylic acids is 2. The number of anilines is 1. The number of hydrogen-bond acceptors (Lipinski definition) is 5. The molecule has 2 aromatic heterocycles. The molecule has 0 saturated carbocycles. The van der Waals surface area contributed by atoms with E-state index >= 15 is 0 Å². The van der Waals surface area contributed by atoms with Crippen molar-refractivity contribution in [1.82, 2.24) is 25.3 Å². The van der Waals surface area contributed by atoms with Crippen molar-refractivity contribution in [3.63, 3.8) is 0 Å². The number of nitrogens with one attached hydrogen (secondary N) is 3. The highest BCUT2D eigenvalue weighted by atomic mass is 79.9. The number of carbonyl (C=O) groups is 2. The molecule has 146 valence electrons. The number of aromatic amines is 1. The zero-order chi connectivity index (χ0) is 20.3. The summed E-state index contributed by atoms with van der Waals surface area (Å²) < 4.78 is 7.14. The Kier molecular flexibility index (Phi) is 6.00. The van der Waals surface area contributed by atoms with E-state index in [1.54, 1.807) is 28.9 Å². The average Bonchev–Trinajstić information content (AvgIpc) is 3.16. The molecular formula is C17H16BrClN6O3. The van der Waals surface area contributed by atoms with Crippen LogP contribution in [0.5, 0.6) is 5.88 Å². The molecular weight excluding hydrogens is 452 g/mol. The lowest BCUT2D eigenvalue weighted by Gasteiger charge is -2.05. The van der Waals surface area contributed by atoms with Gasteiger partial charge >= 0.3 is 6.09 Å². The molecule has 11 heteroatoms. The van der Waals surface area contributed by atoms with Gasteiger partial charge in [0, 0.05) is 12.7 Å². The van der Waals surface area contributed by atoms with Gasteiger partial charge in [-0.15, -0.1) is 5.10 Å². The Balaban J connectivity index is 1.60. The van der Waals surface area contributed by atoms with Gasteiger partial charge in [-0.25, -0.2) is 4.79 Å². The van der Waals surface area contributed by atoms with Crippen LogP contribution < -0.4 is 15.4 Å². The van der Waals surface area contributed by atoms with Gasteiger partial charge in [-0.2, -0.15) is 5.10 Å². The van der Waals surface area contributed by atoms with Crippen molar-refractivity contribution in [2.45, 2.75) is 13.5 Å². The minimum absolute atomic E-state index is 0.0239. The Morgan fingerprint density at radius 3 is 2.79 bits per heavy atom. The number of rotatable bonds is 5. The van der Waals surface area contributed by atoms with Gasteiger partial charge < -0.3 is 15.4 Å². The zero-order valence-corrected chi connectivity index (χ0v) is 17.3. The minimum atomic E-state index is -0.709. The molecule has 3 rings (SSSR count). The Labute approximate surface area is 173 Å². The van der Waals surface area contributed by atoms with Gasteiger partial charge in [0.1, 0.15) is 10.3 Å². The predicted molar refractivity (Wildman–Crippen MR) is 107 cm³/mol. The van der Waals surface area contributed by atoms with Crippen LogP contribution in [0.3, 0.4) is 0 Å². The first kappa shape index (κ1) is 19.9. The van der Waals surface area contributed by atoms with Crippen molar-refractivity contribution in [2.24, 2.45) is 7.05 Å². The van der Waals surface area contributed by atoms with Crippen LogP contribution >= 0.6 is 27.5 Å². The van der Waals surface area contributed by atoms with Crippen molar-refractivity contribution in [3.8, 4) is 5.88 Å². The SMILES string of the molecule is Cc1cc(CNC(=O)Oc2n[nH]c(NC(=O)c3ccccc3Cl)c2Br)nn1C. The van der Waals surface area contributed by atoms with Gasteiger partial charge in [-0.1, -0.05) is 23.7 Å². The molecule has 9 nitrogen and oxygen atoms in total. The molecule has 2 amide bonds. The molecule has 0 saturated heterocycles. The second-order valence-electron chi connectivity index (χ2n) is 5.80. The average molecular weight is 468 g/mol. The Hall–Kier alpha value is -2.85. The number of ether oxygens (including phenoxy) is 1. The third-order valence-electron chi connectivity index (χ3n) is 3.80. The van der Waals surface area contributed by atoms with E-state index in [-0.39, 0.29) is 22.7 Å². The molecule has 0 bridgehead atoms. The Bertz CT molecular complexity index is 1010. The lowest BCUT2D eigenvalue weighted by Crippen LogP contribution is -2.26.